The van der Waals surface area contributed by atoms with E-state index in [4.69, 9.17) is 0 Å². The summed E-state index contributed by atoms with van der Waals surface area (Å²) in [6, 6.07) is 8.27. The molecule has 2 heterocycles. The minimum Gasteiger partial charge on any atom is -0.342 e. The molecule has 0 bridgehead atoms. The molecule has 5 nitrogen and oxygen atoms in total. The van der Waals surface area contributed by atoms with Gasteiger partial charge in [0.15, 0.2) is 5.16 Å². The van der Waals surface area contributed by atoms with Crippen molar-refractivity contribution in [1.29, 1.82) is 0 Å². The Balaban J connectivity index is 1.77. The molecule has 0 saturated carbocycles. The molecule has 2 aromatic rings. The highest BCUT2D eigenvalue weighted by atomic mass is 32.2. The number of carbonyl (C=O) groups excluding carboxylic acids is 1. The van der Waals surface area contributed by atoms with E-state index in [1.54, 1.807) is 0 Å². The van der Waals surface area contributed by atoms with Crippen molar-refractivity contribution in [2.24, 2.45) is 0 Å². The Hall–Kier alpha value is -1.82. The Morgan fingerprint density at radius 3 is 2.52 bits per heavy atom. The van der Waals surface area contributed by atoms with E-state index in [-0.39, 0.29) is 11.2 Å². The van der Waals surface area contributed by atoms with Gasteiger partial charge < -0.3 is 4.90 Å². The smallest absolute Gasteiger partial charge is 0.235 e. The van der Waals surface area contributed by atoms with Crippen molar-refractivity contribution in [3.63, 3.8) is 0 Å². The van der Waals surface area contributed by atoms with Gasteiger partial charge in [0.1, 0.15) is 5.82 Å². The first-order valence-electron chi connectivity index (χ1n) is 9.01. The van der Waals surface area contributed by atoms with Gasteiger partial charge in [-0.1, -0.05) is 36.7 Å². The Bertz CT molecular complexity index is 735. The number of aromatic nitrogens is 3. The number of hydrogen-bond donors (Lipinski definition) is 0. The molecule has 6 heteroatoms. The van der Waals surface area contributed by atoms with Crippen LogP contribution in [0.4, 0.5) is 0 Å². The molecule has 0 aliphatic carbocycles. The lowest BCUT2D eigenvalue weighted by Gasteiger charge is -2.23. The number of nitrogens with zero attached hydrogens (tertiary/aromatic N) is 4. The predicted molar refractivity (Wildman–Crippen MR) is 101 cm³/mol. The number of amides is 1. The first-order valence-corrected chi connectivity index (χ1v) is 9.89. The predicted octanol–water partition coefficient (Wildman–Crippen LogP) is 3.77. The Labute approximate surface area is 153 Å². The second-order valence-corrected chi connectivity index (χ2v) is 8.01. The lowest BCUT2D eigenvalue weighted by atomic mass is 10.2. The number of thioether (sulfide) groups is 1. The molecule has 0 N–H and O–H groups in total. The van der Waals surface area contributed by atoms with E-state index in [1.165, 1.54) is 30.2 Å². The normalized spacial score (nSPS) is 16.5. The van der Waals surface area contributed by atoms with Crippen molar-refractivity contribution >= 4 is 17.7 Å². The van der Waals surface area contributed by atoms with Gasteiger partial charge in [0.05, 0.1) is 5.25 Å². The molecule has 1 unspecified atom stereocenters. The zero-order valence-electron chi connectivity index (χ0n) is 15.2. The minimum absolute atomic E-state index is 0.162. The summed E-state index contributed by atoms with van der Waals surface area (Å²) < 4.78 is 2.03. The van der Waals surface area contributed by atoms with Crippen LogP contribution in [0, 0.1) is 13.8 Å². The summed E-state index contributed by atoms with van der Waals surface area (Å²) in [4.78, 5) is 14.8. The third-order valence-electron chi connectivity index (χ3n) is 4.60. The van der Waals surface area contributed by atoms with Gasteiger partial charge in [-0.3, -0.25) is 9.36 Å². The highest BCUT2D eigenvalue weighted by Gasteiger charge is 2.24. The third kappa shape index (κ3) is 4.24. The lowest BCUT2D eigenvalue weighted by molar-refractivity contribution is -0.130. The molecule has 0 radical (unpaired) electrons. The van der Waals surface area contributed by atoms with E-state index in [9.17, 15) is 4.79 Å². The van der Waals surface area contributed by atoms with Crippen LogP contribution in [-0.2, 0) is 4.79 Å². The van der Waals surface area contributed by atoms with Gasteiger partial charge in [-0.15, -0.1) is 10.2 Å². The summed E-state index contributed by atoms with van der Waals surface area (Å²) >= 11 is 1.50. The van der Waals surface area contributed by atoms with E-state index >= 15 is 0 Å². The molecule has 1 amide bonds. The highest BCUT2D eigenvalue weighted by molar-refractivity contribution is 8.00. The van der Waals surface area contributed by atoms with Crippen molar-refractivity contribution in [1.82, 2.24) is 19.7 Å². The summed E-state index contributed by atoms with van der Waals surface area (Å²) in [5.74, 6) is 1.05. The number of rotatable bonds is 4. The van der Waals surface area contributed by atoms with Crippen LogP contribution in [0.1, 0.15) is 44.0 Å². The zero-order chi connectivity index (χ0) is 17.8. The van der Waals surface area contributed by atoms with Crippen molar-refractivity contribution in [3.8, 4) is 5.69 Å². The molecular weight excluding hydrogens is 332 g/mol. The van der Waals surface area contributed by atoms with Crippen LogP contribution in [0.2, 0.25) is 0 Å². The molecule has 0 spiro atoms. The number of aryl methyl sites for hydroxylation is 2. The van der Waals surface area contributed by atoms with Gasteiger partial charge in [0.25, 0.3) is 0 Å². The Kier molecular flexibility index (Phi) is 5.78. The first kappa shape index (κ1) is 18.0. The van der Waals surface area contributed by atoms with Crippen molar-refractivity contribution in [2.45, 2.75) is 56.9 Å². The molecule has 134 valence electrons. The zero-order valence-corrected chi connectivity index (χ0v) is 16.1. The molecular formula is C19H26N4OS. The average Bonchev–Trinajstić information content (AvgIpc) is 2.80. The average molecular weight is 359 g/mol. The Morgan fingerprint density at radius 2 is 1.84 bits per heavy atom. The second kappa shape index (κ2) is 8.04. The molecule has 1 saturated heterocycles. The molecule has 25 heavy (non-hydrogen) atoms. The van der Waals surface area contributed by atoms with Crippen LogP contribution in [0.3, 0.4) is 0 Å². The SMILES string of the molecule is Cc1cccc(-n2c(C)nnc2SC(C)C(=O)N2CCCCCC2)c1. The molecule has 1 aliphatic heterocycles. The van der Waals surface area contributed by atoms with Crippen LogP contribution < -0.4 is 0 Å². The maximum absolute atomic E-state index is 12.8. The van der Waals surface area contributed by atoms with Gasteiger partial charge in [-0.25, -0.2) is 0 Å². The highest BCUT2D eigenvalue weighted by Crippen LogP contribution is 2.27. The molecule has 1 fully saturated rings. The number of likely N-dealkylation sites (tertiary alicyclic amines) is 1. The van der Waals surface area contributed by atoms with Crippen molar-refractivity contribution in [2.75, 3.05) is 13.1 Å². The topological polar surface area (TPSA) is 51.0 Å². The molecule has 1 aromatic heterocycles. The summed E-state index contributed by atoms with van der Waals surface area (Å²) in [6.07, 6.45) is 4.68. The van der Waals surface area contributed by atoms with Crippen LogP contribution in [-0.4, -0.2) is 43.9 Å². The van der Waals surface area contributed by atoms with Gasteiger partial charge in [0.2, 0.25) is 5.91 Å². The maximum atomic E-state index is 12.8. The van der Waals surface area contributed by atoms with Crippen LogP contribution in [0.25, 0.3) is 5.69 Å². The van der Waals surface area contributed by atoms with Gasteiger partial charge >= 0.3 is 0 Å². The number of benzene rings is 1. The number of carbonyl (C=O) groups is 1. The van der Waals surface area contributed by atoms with Crippen molar-refractivity contribution < 1.29 is 4.79 Å². The monoisotopic (exact) mass is 358 g/mol. The van der Waals surface area contributed by atoms with E-state index in [1.807, 2.05) is 29.4 Å². The molecule has 1 aliphatic rings. The van der Waals surface area contributed by atoms with E-state index in [2.05, 4.69) is 35.3 Å². The summed E-state index contributed by atoms with van der Waals surface area (Å²) in [5.41, 5.74) is 2.23. The first-order chi connectivity index (χ1) is 12.1. The molecule has 1 aromatic carbocycles. The second-order valence-electron chi connectivity index (χ2n) is 6.70. The standard InChI is InChI=1S/C19H26N4OS/c1-14-9-8-10-17(13-14)23-16(3)20-21-19(23)25-15(2)18(24)22-11-6-4-5-7-12-22/h8-10,13,15H,4-7,11-12H2,1-3H3. The maximum Gasteiger partial charge on any atom is 0.235 e. The van der Waals surface area contributed by atoms with Gasteiger partial charge in [-0.05, 0) is 51.3 Å². The largest absolute Gasteiger partial charge is 0.342 e. The molecule has 3 rings (SSSR count). The Morgan fingerprint density at radius 1 is 1.12 bits per heavy atom. The minimum atomic E-state index is -0.162. The van der Waals surface area contributed by atoms with E-state index < -0.39 is 0 Å². The fraction of sp³-hybridized carbons (Fsp3) is 0.526. The van der Waals surface area contributed by atoms with Crippen LogP contribution in [0.5, 0.6) is 0 Å². The fourth-order valence-corrected chi connectivity index (χ4v) is 4.24. The van der Waals surface area contributed by atoms with E-state index in [0.29, 0.717) is 0 Å². The lowest BCUT2D eigenvalue weighted by Crippen LogP contribution is -2.37. The molecule has 1 atom stereocenters. The van der Waals surface area contributed by atoms with E-state index in [0.717, 1.165) is 42.6 Å². The van der Waals surface area contributed by atoms with Crippen LogP contribution in [0.15, 0.2) is 29.4 Å². The number of hydrogen-bond acceptors (Lipinski definition) is 4. The summed E-state index contributed by atoms with van der Waals surface area (Å²) in [7, 11) is 0. The summed E-state index contributed by atoms with van der Waals surface area (Å²) in [5, 5.41) is 9.16. The quantitative estimate of drug-likeness (QED) is 0.781. The third-order valence-corrected chi connectivity index (χ3v) is 5.63. The fourth-order valence-electron chi connectivity index (χ4n) is 3.24. The summed E-state index contributed by atoms with van der Waals surface area (Å²) in [6.45, 7) is 7.76. The van der Waals surface area contributed by atoms with Gasteiger partial charge in [-0.2, -0.15) is 0 Å². The van der Waals surface area contributed by atoms with Crippen LogP contribution >= 0.6 is 11.8 Å². The van der Waals surface area contributed by atoms with Crippen molar-refractivity contribution in [3.05, 3.63) is 35.7 Å². The van der Waals surface area contributed by atoms with Gasteiger partial charge in [0, 0.05) is 18.8 Å².